The standard InChI is InChI=1S/C12H23N3O2/c1-3-13-11(15-5-4-10(16)6-15)14-7-12(2)8-17-9-12/h10,16H,3-9H2,1-2H3,(H,13,14)/t10-/m1/s1. The monoisotopic (exact) mass is 241 g/mol. The fourth-order valence-corrected chi connectivity index (χ4v) is 2.17. The highest BCUT2D eigenvalue weighted by molar-refractivity contribution is 5.80. The molecule has 0 spiro atoms. The summed E-state index contributed by atoms with van der Waals surface area (Å²) >= 11 is 0. The molecule has 2 N–H and O–H groups in total. The van der Waals surface area contributed by atoms with Crippen LogP contribution in [0.15, 0.2) is 4.99 Å². The largest absolute Gasteiger partial charge is 0.391 e. The Hall–Kier alpha value is -0.810. The van der Waals surface area contributed by atoms with E-state index in [0.717, 1.165) is 45.2 Å². The van der Waals surface area contributed by atoms with Crippen LogP contribution in [0.5, 0.6) is 0 Å². The van der Waals surface area contributed by atoms with Gasteiger partial charge in [-0.3, -0.25) is 4.99 Å². The summed E-state index contributed by atoms with van der Waals surface area (Å²) in [5.74, 6) is 0.928. The van der Waals surface area contributed by atoms with Crippen LogP contribution < -0.4 is 5.32 Å². The van der Waals surface area contributed by atoms with Gasteiger partial charge in [-0.1, -0.05) is 6.92 Å². The SMILES string of the molecule is CCNC(=NCC1(C)COC1)N1CC[C@@H](O)C1. The Kier molecular flexibility index (Phi) is 3.89. The molecule has 0 aromatic rings. The summed E-state index contributed by atoms with van der Waals surface area (Å²) in [4.78, 5) is 6.80. The molecule has 0 aromatic heterocycles. The van der Waals surface area contributed by atoms with Crippen LogP contribution >= 0.6 is 0 Å². The molecule has 2 aliphatic heterocycles. The normalized spacial score (nSPS) is 28.1. The lowest BCUT2D eigenvalue weighted by atomic mass is 9.89. The zero-order valence-electron chi connectivity index (χ0n) is 10.8. The van der Waals surface area contributed by atoms with Gasteiger partial charge in [-0.05, 0) is 13.3 Å². The van der Waals surface area contributed by atoms with E-state index in [-0.39, 0.29) is 11.5 Å². The molecule has 0 unspecified atom stereocenters. The van der Waals surface area contributed by atoms with E-state index >= 15 is 0 Å². The van der Waals surface area contributed by atoms with Crippen molar-refractivity contribution in [3.05, 3.63) is 0 Å². The Morgan fingerprint density at radius 1 is 1.59 bits per heavy atom. The minimum absolute atomic E-state index is 0.207. The minimum Gasteiger partial charge on any atom is -0.391 e. The summed E-state index contributed by atoms with van der Waals surface area (Å²) in [6.45, 7) is 9.11. The van der Waals surface area contributed by atoms with E-state index in [2.05, 4.69) is 29.1 Å². The van der Waals surface area contributed by atoms with E-state index in [1.807, 2.05) is 0 Å². The van der Waals surface area contributed by atoms with Gasteiger partial charge in [0.1, 0.15) is 0 Å². The third-order valence-electron chi connectivity index (χ3n) is 3.31. The number of nitrogens with zero attached hydrogens (tertiary/aromatic N) is 2. The number of guanidine groups is 1. The van der Waals surface area contributed by atoms with E-state index in [0.29, 0.717) is 6.54 Å². The van der Waals surface area contributed by atoms with Crippen molar-refractivity contribution in [1.29, 1.82) is 0 Å². The minimum atomic E-state index is -0.207. The molecule has 0 aliphatic carbocycles. The van der Waals surface area contributed by atoms with Crippen LogP contribution in [0.25, 0.3) is 0 Å². The van der Waals surface area contributed by atoms with E-state index in [9.17, 15) is 5.11 Å². The maximum absolute atomic E-state index is 9.56. The third-order valence-corrected chi connectivity index (χ3v) is 3.31. The number of aliphatic hydroxyl groups excluding tert-OH is 1. The van der Waals surface area contributed by atoms with Gasteiger partial charge < -0.3 is 20.1 Å². The van der Waals surface area contributed by atoms with Crippen molar-refractivity contribution in [1.82, 2.24) is 10.2 Å². The lowest BCUT2D eigenvalue weighted by molar-refractivity contribution is -0.0946. The Balaban J connectivity index is 1.93. The van der Waals surface area contributed by atoms with Gasteiger partial charge in [-0.2, -0.15) is 0 Å². The summed E-state index contributed by atoms with van der Waals surface area (Å²) in [6, 6.07) is 0. The van der Waals surface area contributed by atoms with Crippen LogP contribution in [-0.2, 0) is 4.74 Å². The number of β-amino-alcohol motifs (C(OH)–C–C–N with tert-alkyl or cyclic N) is 1. The summed E-state index contributed by atoms with van der Waals surface area (Å²) in [5.41, 5.74) is 0.207. The molecule has 17 heavy (non-hydrogen) atoms. The fraction of sp³-hybridized carbons (Fsp3) is 0.917. The first-order valence-electron chi connectivity index (χ1n) is 6.42. The first-order valence-corrected chi connectivity index (χ1v) is 6.42. The summed E-state index contributed by atoms with van der Waals surface area (Å²) in [7, 11) is 0. The zero-order valence-corrected chi connectivity index (χ0v) is 10.8. The molecule has 2 heterocycles. The number of nitrogens with one attached hydrogen (secondary N) is 1. The Morgan fingerprint density at radius 3 is 2.82 bits per heavy atom. The predicted octanol–water partition coefficient (Wildman–Crippen LogP) is 0.0550. The van der Waals surface area contributed by atoms with Crippen LogP contribution in [0.3, 0.4) is 0 Å². The van der Waals surface area contributed by atoms with Gasteiger partial charge in [-0.15, -0.1) is 0 Å². The second-order valence-electron chi connectivity index (χ2n) is 5.36. The van der Waals surface area contributed by atoms with Crippen molar-refractivity contribution < 1.29 is 9.84 Å². The van der Waals surface area contributed by atoms with Crippen LogP contribution in [0.1, 0.15) is 20.3 Å². The number of likely N-dealkylation sites (tertiary alicyclic amines) is 1. The second-order valence-corrected chi connectivity index (χ2v) is 5.36. The average molecular weight is 241 g/mol. The number of rotatable bonds is 3. The Bertz CT molecular complexity index is 289. The summed E-state index contributed by atoms with van der Waals surface area (Å²) < 4.78 is 5.23. The third kappa shape index (κ3) is 3.10. The maximum atomic E-state index is 9.56. The van der Waals surface area contributed by atoms with Gasteiger partial charge in [0.15, 0.2) is 5.96 Å². The Labute approximate surface area is 103 Å². The first-order chi connectivity index (χ1) is 8.13. The van der Waals surface area contributed by atoms with Gasteiger partial charge in [-0.25, -0.2) is 0 Å². The molecule has 0 amide bonds. The first kappa shape index (κ1) is 12.6. The van der Waals surface area contributed by atoms with E-state index in [4.69, 9.17) is 4.74 Å². The molecule has 98 valence electrons. The molecule has 2 rings (SSSR count). The highest BCUT2D eigenvalue weighted by Crippen LogP contribution is 2.26. The average Bonchev–Trinajstić information content (AvgIpc) is 2.68. The molecular weight excluding hydrogens is 218 g/mol. The topological polar surface area (TPSA) is 57.1 Å². The molecule has 0 aromatic carbocycles. The van der Waals surface area contributed by atoms with Gasteiger partial charge in [0, 0.05) is 25.0 Å². The number of ether oxygens (including phenoxy) is 1. The fourth-order valence-electron chi connectivity index (χ4n) is 2.17. The van der Waals surface area contributed by atoms with E-state index in [1.54, 1.807) is 0 Å². The van der Waals surface area contributed by atoms with E-state index in [1.165, 1.54) is 0 Å². The Morgan fingerprint density at radius 2 is 2.35 bits per heavy atom. The molecule has 1 atom stereocenters. The van der Waals surface area contributed by atoms with Crippen molar-refractivity contribution in [2.24, 2.45) is 10.4 Å². The number of hydrogen-bond acceptors (Lipinski definition) is 3. The van der Waals surface area contributed by atoms with Gasteiger partial charge in [0.25, 0.3) is 0 Å². The van der Waals surface area contributed by atoms with Crippen LogP contribution in [0.2, 0.25) is 0 Å². The summed E-state index contributed by atoms with van der Waals surface area (Å²) in [5, 5.41) is 12.8. The number of aliphatic hydroxyl groups is 1. The van der Waals surface area contributed by atoms with Gasteiger partial charge in [0.2, 0.25) is 0 Å². The molecular formula is C12H23N3O2. The van der Waals surface area contributed by atoms with Crippen molar-refractivity contribution >= 4 is 5.96 Å². The molecule has 2 aliphatic rings. The second kappa shape index (κ2) is 5.23. The molecule has 5 heteroatoms. The molecule has 0 radical (unpaired) electrons. The van der Waals surface area contributed by atoms with Crippen molar-refractivity contribution in [2.75, 3.05) is 39.4 Å². The molecule has 2 saturated heterocycles. The highest BCUT2D eigenvalue weighted by atomic mass is 16.5. The maximum Gasteiger partial charge on any atom is 0.194 e. The highest BCUT2D eigenvalue weighted by Gasteiger charge is 2.33. The van der Waals surface area contributed by atoms with Crippen LogP contribution in [-0.4, -0.2) is 61.5 Å². The molecule has 2 fully saturated rings. The lowest BCUT2D eigenvalue weighted by Crippen LogP contribution is -2.45. The van der Waals surface area contributed by atoms with Crippen molar-refractivity contribution in [3.63, 3.8) is 0 Å². The number of hydrogen-bond donors (Lipinski definition) is 2. The molecule has 0 saturated carbocycles. The molecule has 5 nitrogen and oxygen atoms in total. The number of aliphatic imine (C=N–C) groups is 1. The smallest absolute Gasteiger partial charge is 0.194 e. The van der Waals surface area contributed by atoms with Gasteiger partial charge in [0.05, 0.1) is 25.9 Å². The van der Waals surface area contributed by atoms with Crippen molar-refractivity contribution in [3.8, 4) is 0 Å². The quantitative estimate of drug-likeness (QED) is 0.542. The lowest BCUT2D eigenvalue weighted by Gasteiger charge is -2.37. The summed E-state index contributed by atoms with van der Waals surface area (Å²) in [6.07, 6.45) is 0.631. The van der Waals surface area contributed by atoms with Gasteiger partial charge >= 0.3 is 0 Å². The molecule has 0 bridgehead atoms. The van der Waals surface area contributed by atoms with Crippen LogP contribution in [0.4, 0.5) is 0 Å². The zero-order chi connectivity index (χ0) is 12.3. The van der Waals surface area contributed by atoms with Crippen molar-refractivity contribution in [2.45, 2.75) is 26.4 Å². The predicted molar refractivity (Wildman–Crippen MR) is 67.1 cm³/mol. The van der Waals surface area contributed by atoms with Crippen LogP contribution in [0, 0.1) is 5.41 Å². The van der Waals surface area contributed by atoms with E-state index < -0.39 is 0 Å².